The van der Waals surface area contributed by atoms with E-state index in [1.54, 1.807) is 0 Å². The molecule has 2 fully saturated rings. The molecule has 2 aliphatic heterocycles. The lowest BCUT2D eigenvalue weighted by Crippen LogP contribution is -2.36. The highest BCUT2D eigenvalue weighted by atomic mass is 16.2. The van der Waals surface area contributed by atoms with Gasteiger partial charge in [-0.05, 0) is 56.4 Å². The van der Waals surface area contributed by atoms with E-state index in [-0.39, 0.29) is 0 Å². The number of anilines is 2. The summed E-state index contributed by atoms with van der Waals surface area (Å²) in [6.45, 7) is 4.97. The molecule has 0 unspecified atom stereocenters. The molecule has 2 saturated heterocycles. The van der Waals surface area contributed by atoms with Crippen LogP contribution in [0.25, 0.3) is 0 Å². The molecule has 0 atom stereocenters. The molecule has 1 aromatic carbocycles. The Balaban J connectivity index is 1.42. The molecule has 4 nitrogen and oxygen atoms in total. The van der Waals surface area contributed by atoms with E-state index in [1.807, 2.05) is 4.90 Å². The van der Waals surface area contributed by atoms with Crippen LogP contribution >= 0.6 is 0 Å². The van der Waals surface area contributed by atoms with Crippen molar-refractivity contribution in [3.05, 3.63) is 24.3 Å². The molecule has 2 heterocycles. The average molecular weight is 301 g/mol. The Kier molecular flexibility index (Phi) is 5.20. The first-order valence-electron chi connectivity index (χ1n) is 8.69. The standard InChI is InChI=1S/C18H27N3O/c22-18(21-14-2-1-3-15-21)10-11-19-16-6-8-17(9-7-16)20-12-4-5-13-20/h6-9,19H,1-5,10-15H2. The SMILES string of the molecule is O=C(CCNc1ccc(N2CCCC2)cc1)N1CCCCC1. The average Bonchev–Trinajstić information content (AvgIpc) is 3.11. The molecule has 0 radical (unpaired) electrons. The summed E-state index contributed by atoms with van der Waals surface area (Å²) in [7, 11) is 0. The van der Waals surface area contributed by atoms with Crippen LogP contribution in [0, 0.1) is 0 Å². The third-order valence-electron chi connectivity index (χ3n) is 4.72. The second-order valence-corrected chi connectivity index (χ2v) is 6.36. The van der Waals surface area contributed by atoms with Crippen molar-refractivity contribution in [1.82, 2.24) is 4.90 Å². The monoisotopic (exact) mass is 301 g/mol. The Morgan fingerprint density at radius 2 is 1.55 bits per heavy atom. The second-order valence-electron chi connectivity index (χ2n) is 6.36. The van der Waals surface area contributed by atoms with Gasteiger partial charge in [-0.15, -0.1) is 0 Å². The molecule has 1 amide bonds. The van der Waals surface area contributed by atoms with Gasteiger partial charge >= 0.3 is 0 Å². The van der Waals surface area contributed by atoms with Crippen molar-refractivity contribution in [2.45, 2.75) is 38.5 Å². The number of rotatable bonds is 5. The van der Waals surface area contributed by atoms with E-state index in [0.717, 1.165) is 38.2 Å². The Morgan fingerprint density at radius 3 is 2.23 bits per heavy atom. The van der Waals surface area contributed by atoms with E-state index in [1.165, 1.54) is 38.0 Å². The first-order valence-corrected chi connectivity index (χ1v) is 8.69. The van der Waals surface area contributed by atoms with Crippen LogP contribution in [-0.2, 0) is 4.79 Å². The molecule has 0 saturated carbocycles. The Bertz CT molecular complexity index is 474. The van der Waals surface area contributed by atoms with Gasteiger partial charge in [0.1, 0.15) is 0 Å². The van der Waals surface area contributed by atoms with E-state index in [4.69, 9.17) is 0 Å². The molecular formula is C18H27N3O. The molecule has 120 valence electrons. The quantitative estimate of drug-likeness (QED) is 0.908. The molecule has 3 rings (SSSR count). The molecule has 4 heteroatoms. The highest BCUT2D eigenvalue weighted by molar-refractivity contribution is 5.76. The minimum Gasteiger partial charge on any atom is -0.385 e. The van der Waals surface area contributed by atoms with Crippen LogP contribution in [0.4, 0.5) is 11.4 Å². The summed E-state index contributed by atoms with van der Waals surface area (Å²) >= 11 is 0. The van der Waals surface area contributed by atoms with Gasteiger partial charge in [-0.1, -0.05) is 0 Å². The van der Waals surface area contributed by atoms with Crippen LogP contribution in [-0.4, -0.2) is 43.5 Å². The number of benzene rings is 1. The van der Waals surface area contributed by atoms with E-state index < -0.39 is 0 Å². The van der Waals surface area contributed by atoms with E-state index in [2.05, 4.69) is 34.5 Å². The fraction of sp³-hybridized carbons (Fsp3) is 0.611. The first-order chi connectivity index (χ1) is 10.8. The Morgan fingerprint density at radius 1 is 0.909 bits per heavy atom. The molecule has 22 heavy (non-hydrogen) atoms. The van der Waals surface area contributed by atoms with Gasteiger partial charge in [0.05, 0.1) is 0 Å². The maximum atomic E-state index is 12.1. The maximum absolute atomic E-state index is 12.1. The normalized spacial score (nSPS) is 18.5. The zero-order valence-electron chi connectivity index (χ0n) is 13.4. The third-order valence-corrected chi connectivity index (χ3v) is 4.72. The number of likely N-dealkylation sites (tertiary alicyclic amines) is 1. The number of carbonyl (C=O) groups is 1. The molecule has 0 aromatic heterocycles. The number of nitrogens with zero attached hydrogens (tertiary/aromatic N) is 2. The lowest BCUT2D eigenvalue weighted by Gasteiger charge is -2.26. The number of carbonyl (C=O) groups excluding carboxylic acids is 1. The minimum absolute atomic E-state index is 0.292. The topological polar surface area (TPSA) is 35.6 Å². The largest absolute Gasteiger partial charge is 0.385 e. The van der Waals surface area contributed by atoms with Crippen LogP contribution in [0.3, 0.4) is 0 Å². The van der Waals surface area contributed by atoms with Crippen LogP contribution < -0.4 is 10.2 Å². The highest BCUT2D eigenvalue weighted by Gasteiger charge is 2.15. The highest BCUT2D eigenvalue weighted by Crippen LogP contribution is 2.22. The van der Waals surface area contributed by atoms with Gasteiger partial charge in [-0.3, -0.25) is 4.79 Å². The Labute approximate surface area is 133 Å². The first kappa shape index (κ1) is 15.2. The van der Waals surface area contributed by atoms with Crippen LogP contribution in [0.2, 0.25) is 0 Å². The van der Waals surface area contributed by atoms with Crippen molar-refractivity contribution in [2.75, 3.05) is 42.9 Å². The van der Waals surface area contributed by atoms with Crippen LogP contribution in [0.5, 0.6) is 0 Å². The van der Waals surface area contributed by atoms with Crippen molar-refractivity contribution in [1.29, 1.82) is 0 Å². The molecule has 2 aliphatic rings. The van der Waals surface area contributed by atoms with Crippen molar-refractivity contribution in [3.63, 3.8) is 0 Å². The van der Waals surface area contributed by atoms with Gasteiger partial charge in [0.25, 0.3) is 0 Å². The summed E-state index contributed by atoms with van der Waals surface area (Å²) in [5.41, 5.74) is 2.42. The summed E-state index contributed by atoms with van der Waals surface area (Å²) in [4.78, 5) is 16.5. The Hall–Kier alpha value is -1.71. The van der Waals surface area contributed by atoms with Crippen molar-refractivity contribution >= 4 is 17.3 Å². The predicted octanol–water partition coefficient (Wildman–Crippen LogP) is 3.10. The molecule has 1 aromatic rings. The van der Waals surface area contributed by atoms with Crippen LogP contribution in [0.1, 0.15) is 38.5 Å². The van der Waals surface area contributed by atoms with Gasteiger partial charge in [-0.2, -0.15) is 0 Å². The maximum Gasteiger partial charge on any atom is 0.224 e. The smallest absolute Gasteiger partial charge is 0.224 e. The van der Waals surface area contributed by atoms with Gasteiger partial charge in [0.15, 0.2) is 0 Å². The van der Waals surface area contributed by atoms with Crippen LogP contribution in [0.15, 0.2) is 24.3 Å². The zero-order chi connectivity index (χ0) is 15.2. The van der Waals surface area contributed by atoms with Crippen molar-refractivity contribution in [2.24, 2.45) is 0 Å². The van der Waals surface area contributed by atoms with E-state index in [0.29, 0.717) is 12.3 Å². The lowest BCUT2D eigenvalue weighted by molar-refractivity contribution is -0.131. The number of nitrogens with one attached hydrogen (secondary N) is 1. The number of piperidine rings is 1. The summed E-state index contributed by atoms with van der Waals surface area (Å²) in [5.74, 6) is 0.292. The molecule has 1 N–H and O–H groups in total. The van der Waals surface area contributed by atoms with Gasteiger partial charge in [0, 0.05) is 50.5 Å². The fourth-order valence-electron chi connectivity index (χ4n) is 3.38. The van der Waals surface area contributed by atoms with Crippen molar-refractivity contribution < 1.29 is 4.79 Å². The number of hydrogen-bond acceptors (Lipinski definition) is 3. The summed E-state index contributed by atoms with van der Waals surface area (Å²) in [6.07, 6.45) is 6.80. The zero-order valence-corrected chi connectivity index (χ0v) is 13.4. The molecule has 0 spiro atoms. The summed E-state index contributed by atoms with van der Waals surface area (Å²) in [5, 5.41) is 3.37. The molecular weight excluding hydrogens is 274 g/mol. The van der Waals surface area contributed by atoms with Gasteiger partial charge in [0.2, 0.25) is 5.91 Å². The van der Waals surface area contributed by atoms with Gasteiger partial charge < -0.3 is 15.1 Å². The fourth-order valence-corrected chi connectivity index (χ4v) is 3.38. The van der Waals surface area contributed by atoms with E-state index >= 15 is 0 Å². The van der Waals surface area contributed by atoms with Crippen molar-refractivity contribution in [3.8, 4) is 0 Å². The minimum atomic E-state index is 0.292. The number of hydrogen-bond donors (Lipinski definition) is 1. The third kappa shape index (κ3) is 3.93. The predicted molar refractivity (Wildman–Crippen MR) is 91.4 cm³/mol. The number of amides is 1. The molecule has 0 bridgehead atoms. The summed E-state index contributed by atoms with van der Waals surface area (Å²) in [6, 6.07) is 8.61. The second kappa shape index (κ2) is 7.52. The summed E-state index contributed by atoms with van der Waals surface area (Å²) < 4.78 is 0. The molecule has 0 aliphatic carbocycles. The lowest BCUT2D eigenvalue weighted by atomic mass is 10.1. The van der Waals surface area contributed by atoms with Gasteiger partial charge in [-0.25, -0.2) is 0 Å². The van der Waals surface area contributed by atoms with E-state index in [9.17, 15) is 4.79 Å².